The van der Waals surface area contributed by atoms with Gasteiger partial charge in [0.2, 0.25) is 5.88 Å². The first-order chi connectivity index (χ1) is 11.5. The van der Waals surface area contributed by atoms with Crippen LogP contribution in [-0.2, 0) is 16.0 Å². The van der Waals surface area contributed by atoms with E-state index in [4.69, 9.17) is 9.47 Å². The van der Waals surface area contributed by atoms with Crippen molar-refractivity contribution in [2.24, 2.45) is 5.92 Å². The van der Waals surface area contributed by atoms with Crippen LogP contribution in [0.5, 0.6) is 5.88 Å². The van der Waals surface area contributed by atoms with Crippen molar-refractivity contribution >= 4 is 22.5 Å². The molecular formula is C19H21NO4. The van der Waals surface area contributed by atoms with Crippen molar-refractivity contribution in [1.82, 2.24) is 4.98 Å². The van der Waals surface area contributed by atoms with Crippen LogP contribution in [0.4, 0.5) is 0 Å². The molecule has 1 aromatic carbocycles. The van der Waals surface area contributed by atoms with Gasteiger partial charge in [0.05, 0.1) is 19.6 Å². The average molecular weight is 327 g/mol. The number of Topliss-reactive ketones (excluding diaryl/α,β-unsaturated/α-hetero) is 1. The second-order valence-electron chi connectivity index (χ2n) is 6.00. The fourth-order valence-corrected chi connectivity index (χ4v) is 3.36. The maximum atomic E-state index is 12.9. The Balaban J connectivity index is 2.03. The van der Waals surface area contributed by atoms with Crippen LogP contribution < -0.4 is 4.74 Å². The minimum absolute atomic E-state index is 0.0143. The molecule has 1 heterocycles. The zero-order valence-corrected chi connectivity index (χ0v) is 14.2. The fourth-order valence-electron chi connectivity index (χ4n) is 3.36. The molecule has 1 unspecified atom stereocenters. The summed E-state index contributed by atoms with van der Waals surface area (Å²) in [5.41, 5.74) is 2.79. The highest BCUT2D eigenvalue weighted by Crippen LogP contribution is 2.37. The molecule has 2 aromatic rings. The number of aromatic nitrogens is 1. The molecule has 3 rings (SSSR count). The maximum Gasteiger partial charge on any atom is 0.306 e. The first-order valence-electron chi connectivity index (χ1n) is 8.30. The lowest BCUT2D eigenvalue weighted by Gasteiger charge is -2.09. The van der Waals surface area contributed by atoms with Crippen molar-refractivity contribution in [3.8, 4) is 5.88 Å². The molecule has 0 radical (unpaired) electrons. The lowest BCUT2D eigenvalue weighted by Crippen LogP contribution is -2.16. The number of esters is 1. The minimum atomic E-state index is -0.341. The van der Waals surface area contributed by atoms with E-state index in [2.05, 4.69) is 4.98 Å². The van der Waals surface area contributed by atoms with Crippen LogP contribution in [0.25, 0.3) is 10.8 Å². The highest BCUT2D eigenvalue weighted by molar-refractivity contribution is 6.13. The Bertz CT molecular complexity index is 813. The molecule has 5 nitrogen and oxygen atoms in total. The molecule has 1 aliphatic rings. The molecule has 0 bridgehead atoms. The van der Waals surface area contributed by atoms with Gasteiger partial charge in [-0.05, 0) is 49.8 Å². The van der Waals surface area contributed by atoms with Crippen molar-refractivity contribution in [3.63, 3.8) is 0 Å². The summed E-state index contributed by atoms with van der Waals surface area (Å²) in [6.45, 7) is 6.51. The van der Waals surface area contributed by atoms with Gasteiger partial charge in [0.1, 0.15) is 0 Å². The van der Waals surface area contributed by atoms with Crippen LogP contribution in [0.1, 0.15) is 41.8 Å². The number of benzene rings is 1. The monoisotopic (exact) mass is 327 g/mol. The number of carbonyl (C=O) groups is 2. The van der Waals surface area contributed by atoms with E-state index >= 15 is 0 Å². The average Bonchev–Trinajstić information content (AvgIpc) is 2.86. The number of hydrogen-bond acceptors (Lipinski definition) is 5. The van der Waals surface area contributed by atoms with Crippen LogP contribution in [-0.4, -0.2) is 30.0 Å². The minimum Gasteiger partial charge on any atom is -0.478 e. The molecule has 0 amide bonds. The van der Waals surface area contributed by atoms with Crippen molar-refractivity contribution in [3.05, 3.63) is 35.0 Å². The lowest BCUT2D eigenvalue weighted by atomic mass is 9.97. The predicted molar refractivity (Wildman–Crippen MR) is 90.4 cm³/mol. The Morgan fingerprint density at radius 2 is 2.08 bits per heavy atom. The fraction of sp³-hybridized carbons (Fsp3) is 0.421. The molecule has 0 saturated heterocycles. The number of nitrogens with zero attached hydrogens (tertiary/aromatic N) is 1. The molecule has 0 spiro atoms. The maximum absolute atomic E-state index is 12.9. The van der Waals surface area contributed by atoms with E-state index in [1.807, 2.05) is 26.0 Å². The topological polar surface area (TPSA) is 65.5 Å². The van der Waals surface area contributed by atoms with Gasteiger partial charge in [-0.15, -0.1) is 0 Å². The summed E-state index contributed by atoms with van der Waals surface area (Å²) in [7, 11) is 0. The van der Waals surface area contributed by atoms with Gasteiger partial charge in [-0.2, -0.15) is 0 Å². The number of fused-ring (bicyclic) bond motifs is 3. The molecule has 0 fully saturated rings. The number of aryl methyl sites for hydroxylation is 1. The first-order valence-corrected chi connectivity index (χ1v) is 8.30. The van der Waals surface area contributed by atoms with Gasteiger partial charge in [-0.1, -0.05) is 0 Å². The highest BCUT2D eigenvalue weighted by atomic mass is 16.5. The Morgan fingerprint density at radius 3 is 2.79 bits per heavy atom. The molecule has 5 heteroatoms. The number of carbonyl (C=O) groups excluding carboxylic acids is 2. The Kier molecular flexibility index (Phi) is 4.51. The van der Waals surface area contributed by atoms with Crippen LogP contribution in [0.3, 0.4) is 0 Å². The second kappa shape index (κ2) is 6.59. The molecule has 1 aliphatic carbocycles. The van der Waals surface area contributed by atoms with Crippen molar-refractivity contribution in [2.45, 2.75) is 33.6 Å². The molecule has 0 saturated carbocycles. The molecule has 126 valence electrons. The number of pyridine rings is 1. The summed E-state index contributed by atoms with van der Waals surface area (Å²) in [5, 5.41) is 1.77. The molecular weight excluding hydrogens is 306 g/mol. The first kappa shape index (κ1) is 16.4. The number of rotatable bonds is 5. The van der Waals surface area contributed by atoms with E-state index in [9.17, 15) is 9.59 Å². The van der Waals surface area contributed by atoms with Gasteiger partial charge >= 0.3 is 5.97 Å². The van der Waals surface area contributed by atoms with E-state index < -0.39 is 0 Å². The van der Waals surface area contributed by atoms with Crippen molar-refractivity contribution in [2.75, 3.05) is 13.2 Å². The normalized spacial score (nSPS) is 16.3. The number of ether oxygens (including phenoxy) is 2. The van der Waals surface area contributed by atoms with Gasteiger partial charge < -0.3 is 9.47 Å². The second-order valence-corrected chi connectivity index (χ2v) is 6.00. The summed E-state index contributed by atoms with van der Waals surface area (Å²) in [5.74, 6) is -0.132. The third-order valence-corrected chi connectivity index (χ3v) is 4.41. The smallest absolute Gasteiger partial charge is 0.306 e. The summed E-state index contributed by atoms with van der Waals surface area (Å²) in [6.07, 6.45) is 2.45. The Labute approximate surface area is 141 Å². The van der Waals surface area contributed by atoms with Gasteiger partial charge in [0, 0.05) is 29.1 Å². The zero-order valence-electron chi connectivity index (χ0n) is 14.2. The van der Waals surface area contributed by atoms with Crippen molar-refractivity contribution < 1.29 is 19.1 Å². The van der Waals surface area contributed by atoms with Crippen LogP contribution in [0.15, 0.2) is 18.3 Å². The molecule has 0 N–H and O–H groups in total. The molecule has 24 heavy (non-hydrogen) atoms. The van der Waals surface area contributed by atoms with E-state index in [1.165, 1.54) is 0 Å². The summed E-state index contributed by atoms with van der Waals surface area (Å²) in [4.78, 5) is 29.0. The van der Waals surface area contributed by atoms with Crippen molar-refractivity contribution in [1.29, 1.82) is 0 Å². The van der Waals surface area contributed by atoms with E-state index in [-0.39, 0.29) is 24.1 Å². The van der Waals surface area contributed by atoms with Gasteiger partial charge in [0.15, 0.2) is 5.78 Å². The number of ketones is 1. The highest BCUT2D eigenvalue weighted by Gasteiger charge is 2.35. The Morgan fingerprint density at radius 1 is 1.29 bits per heavy atom. The number of hydrogen-bond donors (Lipinski definition) is 0. The Hall–Kier alpha value is -2.43. The van der Waals surface area contributed by atoms with Gasteiger partial charge in [0.25, 0.3) is 0 Å². The molecule has 0 aliphatic heterocycles. The van der Waals surface area contributed by atoms with E-state index in [0.717, 1.165) is 21.9 Å². The van der Waals surface area contributed by atoms with Gasteiger partial charge in [-0.3, -0.25) is 9.59 Å². The van der Waals surface area contributed by atoms with Gasteiger partial charge in [-0.25, -0.2) is 4.98 Å². The van der Waals surface area contributed by atoms with E-state index in [0.29, 0.717) is 31.1 Å². The molecule has 1 aromatic heterocycles. The zero-order chi connectivity index (χ0) is 17.3. The quantitative estimate of drug-likeness (QED) is 0.789. The largest absolute Gasteiger partial charge is 0.478 e. The van der Waals surface area contributed by atoms with Crippen LogP contribution in [0.2, 0.25) is 0 Å². The summed E-state index contributed by atoms with van der Waals surface area (Å²) < 4.78 is 10.5. The third-order valence-electron chi connectivity index (χ3n) is 4.41. The molecule has 1 atom stereocenters. The third kappa shape index (κ3) is 2.86. The standard InChI is InChI=1S/C19H21NO4/c1-4-23-16-9-15-13(10-20-16)6-11(3)14-7-12(19(22)18(14)15)8-17(21)24-5-2/h6,9-10,12H,4-5,7-8H2,1-3H3. The van der Waals surface area contributed by atoms with E-state index in [1.54, 1.807) is 13.1 Å². The predicted octanol–water partition coefficient (Wildman–Crippen LogP) is 3.25. The van der Waals surface area contributed by atoms with Crippen LogP contribution in [0, 0.1) is 12.8 Å². The van der Waals surface area contributed by atoms with Crippen LogP contribution >= 0.6 is 0 Å². The summed E-state index contributed by atoms with van der Waals surface area (Å²) >= 11 is 0. The SMILES string of the molecule is CCOC(=O)CC1Cc2c(C)cc3cnc(OCC)cc3c2C1=O. The summed E-state index contributed by atoms with van der Waals surface area (Å²) in [6, 6.07) is 3.86. The lowest BCUT2D eigenvalue weighted by molar-refractivity contribution is -0.143.